The minimum absolute atomic E-state index is 0.119. The van der Waals surface area contributed by atoms with Crippen LogP contribution in [0.3, 0.4) is 0 Å². The Morgan fingerprint density at radius 2 is 2.00 bits per heavy atom. The van der Waals surface area contributed by atoms with Crippen molar-refractivity contribution in [2.75, 3.05) is 13.1 Å². The van der Waals surface area contributed by atoms with Gasteiger partial charge in [-0.05, 0) is 44.1 Å². The summed E-state index contributed by atoms with van der Waals surface area (Å²) in [6.45, 7) is 6.42. The van der Waals surface area contributed by atoms with Crippen molar-refractivity contribution in [2.45, 2.75) is 45.6 Å². The summed E-state index contributed by atoms with van der Waals surface area (Å²) in [5.74, 6) is 0.853. The van der Waals surface area contributed by atoms with Gasteiger partial charge in [0.25, 0.3) is 0 Å². The van der Waals surface area contributed by atoms with Crippen LogP contribution in [0.15, 0.2) is 0 Å². The fourth-order valence-corrected chi connectivity index (χ4v) is 3.48. The molecule has 0 aromatic heterocycles. The fraction of sp³-hybridized carbons (Fsp3) is 0.923. The molecule has 2 fully saturated rings. The summed E-state index contributed by atoms with van der Waals surface area (Å²) >= 11 is 0. The minimum Gasteiger partial charge on any atom is -0.481 e. The van der Waals surface area contributed by atoms with Crippen molar-refractivity contribution in [1.29, 1.82) is 0 Å². The van der Waals surface area contributed by atoms with E-state index in [1.807, 2.05) is 0 Å². The molecule has 16 heavy (non-hydrogen) atoms. The van der Waals surface area contributed by atoms with Gasteiger partial charge in [0, 0.05) is 12.6 Å². The molecule has 92 valence electrons. The number of carboxylic acid groups (broad SMARTS) is 1. The van der Waals surface area contributed by atoms with Crippen LogP contribution in [0.25, 0.3) is 0 Å². The second-order valence-corrected chi connectivity index (χ2v) is 5.78. The zero-order valence-corrected chi connectivity index (χ0v) is 10.4. The molecule has 3 heteroatoms. The molecular formula is C13H23NO2. The van der Waals surface area contributed by atoms with E-state index in [-0.39, 0.29) is 5.92 Å². The monoisotopic (exact) mass is 225 g/mol. The van der Waals surface area contributed by atoms with Crippen LogP contribution in [0.1, 0.15) is 39.5 Å². The number of aliphatic carboxylic acids is 1. The van der Waals surface area contributed by atoms with Crippen molar-refractivity contribution in [2.24, 2.45) is 17.8 Å². The maximum absolute atomic E-state index is 10.9. The van der Waals surface area contributed by atoms with Gasteiger partial charge in [-0.1, -0.05) is 13.8 Å². The summed E-state index contributed by atoms with van der Waals surface area (Å²) in [7, 11) is 0. The number of hydrogen-bond donors (Lipinski definition) is 1. The zero-order chi connectivity index (χ0) is 11.7. The van der Waals surface area contributed by atoms with Crippen LogP contribution in [0.2, 0.25) is 0 Å². The lowest BCUT2D eigenvalue weighted by Gasteiger charge is -2.38. The molecule has 4 atom stereocenters. The summed E-state index contributed by atoms with van der Waals surface area (Å²) in [4.78, 5) is 13.4. The predicted octanol–water partition coefficient (Wildman–Crippen LogP) is 2.22. The lowest BCUT2D eigenvalue weighted by Crippen LogP contribution is -2.41. The molecule has 0 aromatic rings. The lowest BCUT2D eigenvalue weighted by molar-refractivity contribution is -0.141. The van der Waals surface area contributed by atoms with Crippen LogP contribution in [-0.2, 0) is 4.79 Å². The van der Waals surface area contributed by atoms with Crippen molar-refractivity contribution in [3.8, 4) is 0 Å². The van der Waals surface area contributed by atoms with Gasteiger partial charge in [0.15, 0.2) is 0 Å². The van der Waals surface area contributed by atoms with Crippen LogP contribution in [0, 0.1) is 17.8 Å². The van der Waals surface area contributed by atoms with Gasteiger partial charge in [-0.25, -0.2) is 0 Å². The first-order valence-electron chi connectivity index (χ1n) is 6.54. The summed E-state index contributed by atoms with van der Waals surface area (Å²) in [6, 6.07) is 0.639. The van der Waals surface area contributed by atoms with E-state index in [0.717, 1.165) is 31.3 Å². The van der Waals surface area contributed by atoms with Crippen molar-refractivity contribution in [3.05, 3.63) is 0 Å². The van der Waals surface area contributed by atoms with Gasteiger partial charge in [0.2, 0.25) is 0 Å². The maximum atomic E-state index is 10.9. The second kappa shape index (κ2) is 4.74. The molecule has 1 heterocycles. The van der Waals surface area contributed by atoms with E-state index in [1.165, 1.54) is 19.3 Å². The quantitative estimate of drug-likeness (QED) is 0.783. The first-order valence-corrected chi connectivity index (χ1v) is 6.54. The molecule has 0 aromatic carbocycles. The Hall–Kier alpha value is -0.570. The highest BCUT2D eigenvalue weighted by Crippen LogP contribution is 2.34. The first-order chi connectivity index (χ1) is 7.58. The highest BCUT2D eigenvalue weighted by molar-refractivity contribution is 5.70. The normalized spacial score (nSPS) is 41.1. The Bertz CT molecular complexity index is 267. The fourth-order valence-electron chi connectivity index (χ4n) is 3.48. The number of carboxylic acids is 1. The van der Waals surface area contributed by atoms with E-state index in [1.54, 1.807) is 0 Å². The molecule has 1 aliphatic carbocycles. The van der Waals surface area contributed by atoms with Gasteiger partial charge in [0.05, 0.1) is 5.92 Å². The van der Waals surface area contributed by atoms with Gasteiger partial charge < -0.3 is 5.11 Å². The van der Waals surface area contributed by atoms with E-state index < -0.39 is 5.97 Å². The summed E-state index contributed by atoms with van der Waals surface area (Å²) < 4.78 is 0. The average molecular weight is 225 g/mol. The van der Waals surface area contributed by atoms with Gasteiger partial charge in [-0.2, -0.15) is 0 Å². The molecule has 1 saturated heterocycles. The SMILES string of the molecule is CC1CCC(N2CCC(C(=O)O)C2)C(C)C1. The van der Waals surface area contributed by atoms with Crippen LogP contribution in [-0.4, -0.2) is 35.1 Å². The Kier molecular flexibility index (Phi) is 3.53. The van der Waals surface area contributed by atoms with E-state index in [9.17, 15) is 4.79 Å². The Balaban J connectivity index is 1.91. The molecule has 0 radical (unpaired) electrons. The van der Waals surface area contributed by atoms with Gasteiger partial charge in [-0.15, -0.1) is 0 Å². The van der Waals surface area contributed by atoms with Gasteiger partial charge in [0.1, 0.15) is 0 Å². The molecule has 1 N–H and O–H groups in total. The second-order valence-electron chi connectivity index (χ2n) is 5.78. The molecule has 0 amide bonds. The molecule has 2 rings (SSSR count). The standard InChI is InChI=1S/C13H23NO2/c1-9-3-4-12(10(2)7-9)14-6-5-11(8-14)13(15)16/h9-12H,3-8H2,1-2H3,(H,15,16). The van der Waals surface area contributed by atoms with Crippen molar-refractivity contribution >= 4 is 5.97 Å². The molecule has 1 saturated carbocycles. The number of likely N-dealkylation sites (tertiary alicyclic amines) is 1. The topological polar surface area (TPSA) is 40.5 Å². The Labute approximate surface area is 97.8 Å². The van der Waals surface area contributed by atoms with Crippen molar-refractivity contribution < 1.29 is 9.90 Å². The average Bonchev–Trinajstić information content (AvgIpc) is 2.66. The highest BCUT2D eigenvalue weighted by Gasteiger charge is 2.36. The highest BCUT2D eigenvalue weighted by atomic mass is 16.4. The first kappa shape index (κ1) is 11.9. The predicted molar refractivity (Wildman–Crippen MR) is 63.3 cm³/mol. The molecule has 1 aliphatic heterocycles. The number of hydrogen-bond acceptors (Lipinski definition) is 2. The Morgan fingerprint density at radius 1 is 1.25 bits per heavy atom. The number of nitrogens with zero attached hydrogens (tertiary/aromatic N) is 1. The molecule has 0 bridgehead atoms. The molecule has 0 spiro atoms. The van der Waals surface area contributed by atoms with Crippen molar-refractivity contribution in [1.82, 2.24) is 4.90 Å². The smallest absolute Gasteiger partial charge is 0.307 e. The summed E-state index contributed by atoms with van der Waals surface area (Å²) in [5.41, 5.74) is 0. The van der Waals surface area contributed by atoms with Crippen LogP contribution >= 0.6 is 0 Å². The molecule has 4 unspecified atom stereocenters. The van der Waals surface area contributed by atoms with Gasteiger partial charge >= 0.3 is 5.97 Å². The maximum Gasteiger partial charge on any atom is 0.307 e. The third-order valence-electron chi connectivity index (χ3n) is 4.42. The number of carbonyl (C=O) groups is 1. The summed E-state index contributed by atoms with van der Waals surface area (Å²) in [6.07, 6.45) is 4.71. The van der Waals surface area contributed by atoms with Crippen molar-refractivity contribution in [3.63, 3.8) is 0 Å². The third-order valence-corrected chi connectivity index (χ3v) is 4.42. The molecular weight excluding hydrogens is 202 g/mol. The molecule has 3 nitrogen and oxygen atoms in total. The van der Waals surface area contributed by atoms with E-state index in [4.69, 9.17) is 5.11 Å². The van der Waals surface area contributed by atoms with E-state index in [0.29, 0.717) is 6.04 Å². The largest absolute Gasteiger partial charge is 0.481 e. The lowest BCUT2D eigenvalue weighted by atomic mass is 9.79. The van der Waals surface area contributed by atoms with E-state index >= 15 is 0 Å². The summed E-state index contributed by atoms with van der Waals surface area (Å²) in [5, 5.41) is 9.01. The third kappa shape index (κ3) is 2.40. The van der Waals surface area contributed by atoms with Crippen LogP contribution in [0.5, 0.6) is 0 Å². The molecule has 2 aliphatic rings. The number of rotatable bonds is 2. The van der Waals surface area contributed by atoms with E-state index in [2.05, 4.69) is 18.7 Å². The van der Waals surface area contributed by atoms with Gasteiger partial charge in [-0.3, -0.25) is 9.69 Å². The minimum atomic E-state index is -0.612. The van der Waals surface area contributed by atoms with Crippen LogP contribution < -0.4 is 0 Å². The Morgan fingerprint density at radius 3 is 2.56 bits per heavy atom. The zero-order valence-electron chi connectivity index (χ0n) is 10.4. The van der Waals surface area contributed by atoms with Crippen LogP contribution in [0.4, 0.5) is 0 Å².